The SMILES string of the molecule is CCCOc1cc(F)c([C@@H]2c3[nH]c4ccc(C)cc4c3C[C@@H](C)N2CC(C)(F)F)c(F)c1. The van der Waals surface area contributed by atoms with Gasteiger partial charge in [-0.1, -0.05) is 18.6 Å². The van der Waals surface area contributed by atoms with Gasteiger partial charge in [-0.25, -0.2) is 17.6 Å². The number of aromatic amines is 1. The van der Waals surface area contributed by atoms with Gasteiger partial charge in [0.2, 0.25) is 0 Å². The molecule has 32 heavy (non-hydrogen) atoms. The van der Waals surface area contributed by atoms with Crippen molar-refractivity contribution in [3.8, 4) is 5.75 Å². The van der Waals surface area contributed by atoms with Gasteiger partial charge in [-0.15, -0.1) is 0 Å². The Morgan fingerprint density at radius 2 is 1.84 bits per heavy atom. The summed E-state index contributed by atoms with van der Waals surface area (Å²) in [4.78, 5) is 4.78. The zero-order valence-electron chi connectivity index (χ0n) is 18.7. The van der Waals surface area contributed by atoms with E-state index >= 15 is 8.78 Å². The van der Waals surface area contributed by atoms with Gasteiger partial charge in [-0.3, -0.25) is 4.90 Å². The van der Waals surface area contributed by atoms with E-state index in [0.29, 0.717) is 25.1 Å². The van der Waals surface area contributed by atoms with E-state index in [0.717, 1.165) is 41.1 Å². The van der Waals surface area contributed by atoms with Crippen molar-refractivity contribution in [2.75, 3.05) is 13.2 Å². The second-order valence-corrected chi connectivity index (χ2v) is 8.91. The quantitative estimate of drug-likeness (QED) is 0.434. The molecule has 1 aliphatic heterocycles. The molecule has 0 amide bonds. The largest absolute Gasteiger partial charge is 0.493 e. The second-order valence-electron chi connectivity index (χ2n) is 8.91. The predicted molar refractivity (Wildman–Crippen MR) is 118 cm³/mol. The summed E-state index contributed by atoms with van der Waals surface area (Å²) in [5.41, 5.74) is 3.12. The first kappa shape index (κ1) is 22.6. The Morgan fingerprint density at radius 3 is 2.47 bits per heavy atom. The second kappa shape index (κ2) is 8.43. The molecule has 2 atom stereocenters. The van der Waals surface area contributed by atoms with Crippen LogP contribution in [0.5, 0.6) is 5.75 Å². The maximum Gasteiger partial charge on any atom is 0.257 e. The van der Waals surface area contributed by atoms with Crippen LogP contribution in [0, 0.1) is 18.6 Å². The molecule has 0 saturated heterocycles. The molecule has 0 aliphatic carbocycles. The van der Waals surface area contributed by atoms with Crippen LogP contribution in [0.1, 0.15) is 55.6 Å². The summed E-state index contributed by atoms with van der Waals surface area (Å²) in [5, 5.41) is 0.962. The molecule has 0 radical (unpaired) electrons. The summed E-state index contributed by atoms with van der Waals surface area (Å²) in [5.74, 6) is -4.54. The van der Waals surface area contributed by atoms with Crippen LogP contribution in [0.25, 0.3) is 10.9 Å². The number of nitrogens with zero attached hydrogens (tertiary/aromatic N) is 1. The lowest BCUT2D eigenvalue weighted by Gasteiger charge is -2.42. The lowest BCUT2D eigenvalue weighted by molar-refractivity contribution is -0.0374. The van der Waals surface area contributed by atoms with Crippen molar-refractivity contribution in [3.05, 3.63) is 64.4 Å². The number of ether oxygens (including phenoxy) is 1. The molecular weight excluding hydrogens is 420 g/mol. The van der Waals surface area contributed by atoms with E-state index in [2.05, 4.69) is 4.98 Å². The Morgan fingerprint density at radius 1 is 1.16 bits per heavy atom. The number of halogens is 4. The summed E-state index contributed by atoms with van der Waals surface area (Å²) in [6, 6.07) is 6.82. The molecule has 0 unspecified atom stereocenters. The molecule has 0 fully saturated rings. The Labute approximate surface area is 185 Å². The molecule has 7 heteroatoms. The lowest BCUT2D eigenvalue weighted by atomic mass is 9.87. The molecule has 2 heterocycles. The zero-order valence-corrected chi connectivity index (χ0v) is 18.7. The van der Waals surface area contributed by atoms with Gasteiger partial charge in [-0.2, -0.15) is 0 Å². The van der Waals surface area contributed by atoms with Crippen molar-refractivity contribution in [3.63, 3.8) is 0 Å². The fourth-order valence-corrected chi connectivity index (χ4v) is 4.67. The first-order valence-corrected chi connectivity index (χ1v) is 11.0. The molecule has 1 aromatic heterocycles. The van der Waals surface area contributed by atoms with E-state index < -0.39 is 30.1 Å². The van der Waals surface area contributed by atoms with Crippen LogP contribution in [-0.2, 0) is 6.42 Å². The van der Waals surface area contributed by atoms with Gasteiger partial charge in [0.05, 0.1) is 19.2 Å². The fourth-order valence-electron chi connectivity index (χ4n) is 4.67. The lowest BCUT2D eigenvalue weighted by Crippen LogP contribution is -2.47. The van der Waals surface area contributed by atoms with E-state index in [4.69, 9.17) is 4.74 Å². The van der Waals surface area contributed by atoms with Crippen molar-refractivity contribution < 1.29 is 22.3 Å². The number of rotatable bonds is 6. The van der Waals surface area contributed by atoms with Crippen LogP contribution in [0.2, 0.25) is 0 Å². The summed E-state index contributed by atoms with van der Waals surface area (Å²) < 4.78 is 64.3. The van der Waals surface area contributed by atoms with E-state index in [1.54, 1.807) is 0 Å². The van der Waals surface area contributed by atoms with Crippen LogP contribution in [0.4, 0.5) is 17.6 Å². The van der Waals surface area contributed by atoms with Crippen molar-refractivity contribution in [1.82, 2.24) is 9.88 Å². The highest BCUT2D eigenvalue weighted by Crippen LogP contribution is 2.44. The fraction of sp³-hybridized carbons (Fsp3) is 0.440. The van der Waals surface area contributed by atoms with Crippen LogP contribution in [-0.4, -0.2) is 35.0 Å². The average molecular weight is 449 g/mol. The standard InChI is InChI=1S/C25H28F4N2O/c1-5-8-32-16-11-19(26)22(20(27)12-16)24-23-18(10-15(3)31(24)13-25(4,28)29)17-9-14(2)6-7-21(17)30-23/h6-7,9,11-12,15,24,30H,5,8,10,13H2,1-4H3/t15-,24-/m1/s1. The first-order chi connectivity index (χ1) is 15.1. The molecule has 3 nitrogen and oxygen atoms in total. The number of aromatic nitrogens is 1. The van der Waals surface area contributed by atoms with Crippen molar-refractivity contribution in [2.24, 2.45) is 0 Å². The summed E-state index contributed by atoms with van der Waals surface area (Å²) in [6.07, 6.45) is 1.20. The minimum atomic E-state index is -3.02. The number of nitrogens with one attached hydrogen (secondary N) is 1. The third-order valence-electron chi connectivity index (χ3n) is 6.02. The van der Waals surface area contributed by atoms with Crippen molar-refractivity contribution in [1.29, 1.82) is 0 Å². The van der Waals surface area contributed by atoms with Crippen molar-refractivity contribution in [2.45, 2.75) is 58.5 Å². The number of aryl methyl sites for hydroxylation is 1. The Kier molecular flexibility index (Phi) is 5.96. The number of fused-ring (bicyclic) bond motifs is 3. The predicted octanol–water partition coefficient (Wildman–Crippen LogP) is 6.53. The molecule has 2 aromatic carbocycles. The minimum Gasteiger partial charge on any atom is -0.493 e. The number of hydrogen-bond acceptors (Lipinski definition) is 2. The molecule has 0 bridgehead atoms. The molecule has 3 aromatic rings. The van der Waals surface area contributed by atoms with Gasteiger partial charge in [0, 0.05) is 47.3 Å². The van der Waals surface area contributed by atoms with Gasteiger partial charge >= 0.3 is 0 Å². The van der Waals surface area contributed by atoms with Crippen molar-refractivity contribution >= 4 is 10.9 Å². The summed E-state index contributed by atoms with van der Waals surface area (Å²) in [6.45, 7) is 6.24. The summed E-state index contributed by atoms with van der Waals surface area (Å²) >= 11 is 0. The molecule has 1 aliphatic rings. The zero-order chi connectivity index (χ0) is 23.2. The monoisotopic (exact) mass is 448 g/mol. The summed E-state index contributed by atoms with van der Waals surface area (Å²) in [7, 11) is 0. The molecular formula is C25H28F4N2O. The molecule has 1 N–H and O–H groups in total. The highest BCUT2D eigenvalue weighted by Gasteiger charge is 2.42. The van der Waals surface area contributed by atoms with Gasteiger partial charge in [0.25, 0.3) is 5.92 Å². The topological polar surface area (TPSA) is 28.3 Å². The number of hydrogen-bond donors (Lipinski definition) is 1. The number of H-pyrrole nitrogens is 1. The highest BCUT2D eigenvalue weighted by atomic mass is 19.3. The van der Waals surface area contributed by atoms with Gasteiger partial charge < -0.3 is 9.72 Å². The van der Waals surface area contributed by atoms with Gasteiger partial charge in [0.15, 0.2) is 0 Å². The number of benzene rings is 2. The molecule has 4 rings (SSSR count). The third-order valence-corrected chi connectivity index (χ3v) is 6.02. The third kappa shape index (κ3) is 4.22. The maximum atomic E-state index is 15.3. The van der Waals surface area contributed by atoms with Crippen LogP contribution >= 0.6 is 0 Å². The van der Waals surface area contributed by atoms with Gasteiger partial charge in [-0.05, 0) is 44.4 Å². The Balaban J connectivity index is 1.91. The normalized spacial score (nSPS) is 19.4. The van der Waals surface area contributed by atoms with Gasteiger partial charge in [0.1, 0.15) is 17.4 Å². The maximum absolute atomic E-state index is 15.3. The smallest absolute Gasteiger partial charge is 0.257 e. The minimum absolute atomic E-state index is 0.0920. The van der Waals surface area contributed by atoms with E-state index in [1.807, 2.05) is 39.0 Å². The Bertz CT molecular complexity index is 1110. The molecule has 0 saturated carbocycles. The Hall–Kier alpha value is -2.54. The van der Waals surface area contributed by atoms with Crippen LogP contribution in [0.3, 0.4) is 0 Å². The molecule has 0 spiro atoms. The number of alkyl halides is 2. The highest BCUT2D eigenvalue weighted by molar-refractivity contribution is 5.86. The average Bonchev–Trinajstić information content (AvgIpc) is 3.04. The van der Waals surface area contributed by atoms with E-state index in [-0.39, 0.29) is 17.4 Å². The first-order valence-electron chi connectivity index (χ1n) is 11.0. The van der Waals surface area contributed by atoms with E-state index in [1.165, 1.54) is 4.90 Å². The molecule has 172 valence electrons. The van der Waals surface area contributed by atoms with Crippen LogP contribution < -0.4 is 4.74 Å². The van der Waals surface area contributed by atoms with E-state index in [9.17, 15) is 8.78 Å². The van der Waals surface area contributed by atoms with Crippen LogP contribution in [0.15, 0.2) is 30.3 Å².